The highest BCUT2D eigenvalue weighted by atomic mass is 16.2. The van der Waals surface area contributed by atoms with Crippen molar-refractivity contribution in [3.05, 3.63) is 35.9 Å². The van der Waals surface area contributed by atoms with Crippen molar-refractivity contribution < 1.29 is 9.59 Å². The highest BCUT2D eigenvalue weighted by molar-refractivity contribution is 5.82. The summed E-state index contributed by atoms with van der Waals surface area (Å²) in [5.41, 5.74) is 0.987. The molecule has 2 heterocycles. The van der Waals surface area contributed by atoms with Gasteiger partial charge in [-0.05, 0) is 5.56 Å². The van der Waals surface area contributed by atoms with E-state index in [1.807, 2.05) is 36.6 Å². The van der Waals surface area contributed by atoms with Crippen LogP contribution in [0.4, 0.5) is 0 Å². The fourth-order valence-electron chi connectivity index (χ4n) is 3.87. The minimum Gasteiger partial charge on any atom is -0.339 e. The summed E-state index contributed by atoms with van der Waals surface area (Å²) in [4.78, 5) is 33.6. The molecule has 0 aromatic heterocycles. The van der Waals surface area contributed by atoms with Crippen molar-refractivity contribution in [1.29, 1.82) is 0 Å². The molecule has 28 heavy (non-hydrogen) atoms. The first-order valence-electron chi connectivity index (χ1n) is 10.4. The lowest BCUT2D eigenvalue weighted by molar-refractivity contribution is -0.145. The predicted molar refractivity (Wildman–Crippen MR) is 111 cm³/mol. The Hall–Kier alpha value is -1.92. The Bertz CT molecular complexity index is 655. The van der Waals surface area contributed by atoms with Crippen molar-refractivity contribution in [2.75, 3.05) is 58.9 Å². The molecule has 1 aromatic rings. The molecule has 2 aliphatic heterocycles. The Kier molecular flexibility index (Phi) is 6.73. The van der Waals surface area contributed by atoms with E-state index in [4.69, 9.17) is 0 Å². The summed E-state index contributed by atoms with van der Waals surface area (Å²) in [5.74, 6) is 0.369. The molecule has 0 unspecified atom stereocenters. The SMILES string of the molecule is CC(C)(C)C(=O)N1CCN(C(=O)CN2CCN(Cc3ccccc3)CC2)CC1. The molecule has 2 saturated heterocycles. The van der Waals surface area contributed by atoms with Crippen LogP contribution in [0.1, 0.15) is 26.3 Å². The van der Waals surface area contributed by atoms with Crippen LogP contribution in [0.5, 0.6) is 0 Å². The van der Waals surface area contributed by atoms with Crippen molar-refractivity contribution in [2.24, 2.45) is 5.41 Å². The number of amides is 2. The van der Waals surface area contributed by atoms with E-state index < -0.39 is 0 Å². The molecule has 0 bridgehead atoms. The van der Waals surface area contributed by atoms with Gasteiger partial charge in [-0.2, -0.15) is 0 Å². The van der Waals surface area contributed by atoms with Gasteiger partial charge in [0.15, 0.2) is 0 Å². The monoisotopic (exact) mass is 386 g/mol. The van der Waals surface area contributed by atoms with Crippen LogP contribution >= 0.6 is 0 Å². The van der Waals surface area contributed by atoms with Crippen molar-refractivity contribution in [3.63, 3.8) is 0 Å². The van der Waals surface area contributed by atoms with E-state index in [2.05, 4.69) is 34.1 Å². The van der Waals surface area contributed by atoms with Gasteiger partial charge in [0.25, 0.3) is 0 Å². The third-order valence-electron chi connectivity index (χ3n) is 5.63. The number of piperazine rings is 2. The van der Waals surface area contributed by atoms with Gasteiger partial charge in [-0.25, -0.2) is 0 Å². The quantitative estimate of drug-likeness (QED) is 0.787. The average molecular weight is 387 g/mol. The molecular formula is C22H34N4O2. The number of carbonyl (C=O) groups is 2. The molecule has 0 atom stereocenters. The van der Waals surface area contributed by atoms with E-state index in [-0.39, 0.29) is 17.2 Å². The zero-order valence-corrected chi connectivity index (χ0v) is 17.6. The summed E-state index contributed by atoms with van der Waals surface area (Å²) < 4.78 is 0. The third-order valence-corrected chi connectivity index (χ3v) is 5.63. The van der Waals surface area contributed by atoms with Gasteiger partial charge < -0.3 is 9.80 Å². The minimum absolute atomic E-state index is 0.175. The fourth-order valence-corrected chi connectivity index (χ4v) is 3.87. The molecular weight excluding hydrogens is 352 g/mol. The lowest BCUT2D eigenvalue weighted by Crippen LogP contribution is -2.55. The molecule has 0 saturated carbocycles. The molecule has 0 radical (unpaired) electrons. The van der Waals surface area contributed by atoms with E-state index in [0.717, 1.165) is 32.7 Å². The van der Waals surface area contributed by atoms with Gasteiger partial charge >= 0.3 is 0 Å². The zero-order chi connectivity index (χ0) is 20.1. The predicted octanol–water partition coefficient (Wildman–Crippen LogP) is 1.52. The summed E-state index contributed by atoms with van der Waals surface area (Å²) in [6, 6.07) is 10.5. The Morgan fingerprint density at radius 1 is 0.786 bits per heavy atom. The number of hydrogen-bond acceptors (Lipinski definition) is 4. The van der Waals surface area contributed by atoms with Crippen molar-refractivity contribution in [3.8, 4) is 0 Å². The Morgan fingerprint density at radius 2 is 1.32 bits per heavy atom. The van der Waals surface area contributed by atoms with Crippen molar-refractivity contribution >= 4 is 11.8 Å². The van der Waals surface area contributed by atoms with E-state index in [1.165, 1.54) is 5.56 Å². The number of rotatable bonds is 4. The molecule has 1 aromatic carbocycles. The zero-order valence-electron chi connectivity index (χ0n) is 17.6. The van der Waals surface area contributed by atoms with Crippen LogP contribution in [-0.4, -0.2) is 90.3 Å². The highest BCUT2D eigenvalue weighted by Gasteiger charge is 2.31. The van der Waals surface area contributed by atoms with Gasteiger partial charge in [0.1, 0.15) is 0 Å². The summed E-state index contributed by atoms with van der Waals surface area (Å²) in [6.07, 6.45) is 0. The van der Waals surface area contributed by atoms with Crippen LogP contribution in [0.2, 0.25) is 0 Å². The van der Waals surface area contributed by atoms with Crippen LogP contribution in [0.25, 0.3) is 0 Å². The van der Waals surface area contributed by atoms with Gasteiger partial charge in [-0.1, -0.05) is 51.1 Å². The van der Waals surface area contributed by atoms with E-state index in [1.54, 1.807) is 0 Å². The van der Waals surface area contributed by atoms with Crippen molar-refractivity contribution in [1.82, 2.24) is 19.6 Å². The topological polar surface area (TPSA) is 47.1 Å². The summed E-state index contributed by atoms with van der Waals surface area (Å²) in [5, 5.41) is 0. The van der Waals surface area contributed by atoms with Gasteiger partial charge in [0.2, 0.25) is 11.8 Å². The molecule has 6 nitrogen and oxygen atoms in total. The second kappa shape index (κ2) is 9.05. The van der Waals surface area contributed by atoms with Crippen LogP contribution in [0.3, 0.4) is 0 Å². The normalized spacial score (nSPS) is 19.7. The molecule has 0 spiro atoms. The standard InChI is InChI=1S/C22H34N4O2/c1-22(2,3)21(28)26-15-13-25(14-16-26)20(27)18-24-11-9-23(10-12-24)17-19-7-5-4-6-8-19/h4-8H,9-18H2,1-3H3. The molecule has 154 valence electrons. The lowest BCUT2D eigenvalue weighted by atomic mass is 9.94. The van der Waals surface area contributed by atoms with Crippen LogP contribution in [0, 0.1) is 5.41 Å². The highest BCUT2D eigenvalue weighted by Crippen LogP contribution is 2.18. The molecule has 2 fully saturated rings. The summed E-state index contributed by atoms with van der Waals surface area (Å²) in [7, 11) is 0. The average Bonchev–Trinajstić information content (AvgIpc) is 2.69. The largest absolute Gasteiger partial charge is 0.339 e. The molecule has 2 aliphatic rings. The number of hydrogen-bond donors (Lipinski definition) is 0. The van der Waals surface area contributed by atoms with Gasteiger partial charge in [0.05, 0.1) is 6.54 Å². The Balaban J connectivity index is 1.39. The number of nitrogens with zero attached hydrogens (tertiary/aromatic N) is 4. The van der Waals surface area contributed by atoms with Gasteiger partial charge in [-0.15, -0.1) is 0 Å². The number of carbonyl (C=O) groups excluding carboxylic acids is 2. The minimum atomic E-state index is -0.356. The van der Waals surface area contributed by atoms with E-state index in [0.29, 0.717) is 32.7 Å². The van der Waals surface area contributed by atoms with E-state index >= 15 is 0 Å². The third kappa shape index (κ3) is 5.55. The van der Waals surface area contributed by atoms with Gasteiger partial charge in [0, 0.05) is 64.3 Å². The van der Waals surface area contributed by atoms with Crippen LogP contribution in [-0.2, 0) is 16.1 Å². The fraction of sp³-hybridized carbons (Fsp3) is 0.636. The molecule has 0 N–H and O–H groups in total. The van der Waals surface area contributed by atoms with Crippen LogP contribution < -0.4 is 0 Å². The molecule has 2 amide bonds. The second-order valence-electron chi connectivity index (χ2n) is 8.96. The first-order chi connectivity index (χ1) is 13.3. The maximum Gasteiger partial charge on any atom is 0.236 e. The van der Waals surface area contributed by atoms with E-state index in [9.17, 15) is 9.59 Å². The Labute approximate surface area is 169 Å². The van der Waals surface area contributed by atoms with Crippen molar-refractivity contribution in [2.45, 2.75) is 27.3 Å². The van der Waals surface area contributed by atoms with Crippen LogP contribution in [0.15, 0.2) is 30.3 Å². The summed E-state index contributed by atoms with van der Waals surface area (Å²) in [6.45, 7) is 13.8. The van der Waals surface area contributed by atoms with Gasteiger partial charge in [-0.3, -0.25) is 19.4 Å². The number of benzene rings is 1. The molecule has 3 rings (SSSR count). The maximum atomic E-state index is 12.7. The maximum absolute atomic E-state index is 12.7. The molecule has 6 heteroatoms. The summed E-state index contributed by atoms with van der Waals surface area (Å²) >= 11 is 0. The first kappa shape index (κ1) is 20.8. The first-order valence-corrected chi connectivity index (χ1v) is 10.4. The Morgan fingerprint density at radius 3 is 1.89 bits per heavy atom. The smallest absolute Gasteiger partial charge is 0.236 e. The molecule has 0 aliphatic carbocycles. The lowest BCUT2D eigenvalue weighted by Gasteiger charge is -2.39. The second-order valence-corrected chi connectivity index (χ2v) is 8.96.